The van der Waals surface area contributed by atoms with Gasteiger partial charge in [0.25, 0.3) is 0 Å². The van der Waals surface area contributed by atoms with E-state index in [0.717, 1.165) is 37.4 Å². The smallest absolute Gasteiger partial charge is 0.242 e. The number of aliphatic imine (C=N–C) groups is 1. The molecule has 0 radical (unpaired) electrons. The lowest BCUT2D eigenvalue weighted by atomic mass is 9.95. The molecule has 0 aliphatic heterocycles. The fraction of sp³-hybridized carbons (Fsp3) is 0.706. The second-order valence-electron chi connectivity index (χ2n) is 6.14. The Morgan fingerprint density at radius 1 is 1.33 bits per heavy atom. The van der Waals surface area contributed by atoms with Crippen molar-refractivity contribution in [2.45, 2.75) is 58.4 Å². The third-order valence-electron chi connectivity index (χ3n) is 4.00. The molecule has 0 unspecified atom stereocenters. The molecule has 0 bridgehead atoms. The molecule has 1 saturated carbocycles. The quantitative estimate of drug-likeness (QED) is 0.519. The molecule has 1 heterocycles. The highest BCUT2D eigenvalue weighted by Gasteiger charge is 2.15. The molecule has 7 heteroatoms. The van der Waals surface area contributed by atoms with Crippen LogP contribution in [0.4, 0.5) is 0 Å². The average Bonchev–Trinajstić information content (AvgIpc) is 2.99. The highest BCUT2D eigenvalue weighted by Crippen LogP contribution is 2.17. The summed E-state index contributed by atoms with van der Waals surface area (Å²) in [7, 11) is 0. The summed E-state index contributed by atoms with van der Waals surface area (Å²) in [5.74, 6) is 0.694. The van der Waals surface area contributed by atoms with E-state index in [-0.39, 0.29) is 12.5 Å². The summed E-state index contributed by atoms with van der Waals surface area (Å²) < 4.78 is 0. The van der Waals surface area contributed by atoms with Gasteiger partial charge in [-0.1, -0.05) is 19.3 Å². The maximum Gasteiger partial charge on any atom is 0.242 e. The summed E-state index contributed by atoms with van der Waals surface area (Å²) in [6, 6.07) is 0.338. The van der Waals surface area contributed by atoms with E-state index < -0.39 is 0 Å². The zero-order valence-corrected chi connectivity index (χ0v) is 15.5. The Kier molecular flexibility index (Phi) is 8.01. The van der Waals surface area contributed by atoms with E-state index in [0.29, 0.717) is 12.0 Å². The van der Waals surface area contributed by atoms with Gasteiger partial charge in [-0.25, -0.2) is 9.98 Å². The first-order chi connectivity index (χ1) is 11.7. The standard InChI is InChI=1S/C17H29N5OS/c1-3-18-17(19-10-9-16-20-11-13(2)24-16)21-12-15(23)22-14-7-5-4-6-8-14/h11,14H,3-10,12H2,1-2H3,(H,22,23)(H2,18,19,21). The van der Waals surface area contributed by atoms with Gasteiger partial charge in [0.15, 0.2) is 5.96 Å². The van der Waals surface area contributed by atoms with Gasteiger partial charge in [-0.2, -0.15) is 0 Å². The van der Waals surface area contributed by atoms with Crippen LogP contribution in [0.5, 0.6) is 0 Å². The first-order valence-electron chi connectivity index (χ1n) is 8.90. The number of nitrogens with one attached hydrogen (secondary N) is 3. The molecule has 1 amide bonds. The van der Waals surface area contributed by atoms with Gasteiger partial charge in [-0.3, -0.25) is 4.79 Å². The molecule has 134 valence electrons. The predicted molar refractivity (Wildman–Crippen MR) is 99.6 cm³/mol. The van der Waals surface area contributed by atoms with E-state index in [4.69, 9.17) is 0 Å². The molecule has 1 fully saturated rings. The maximum atomic E-state index is 12.0. The Morgan fingerprint density at radius 3 is 2.79 bits per heavy atom. The summed E-state index contributed by atoms with van der Waals surface area (Å²) in [4.78, 5) is 22.0. The topological polar surface area (TPSA) is 78.4 Å². The molecular weight excluding hydrogens is 322 g/mol. The fourth-order valence-corrected chi connectivity index (χ4v) is 3.60. The van der Waals surface area contributed by atoms with Crippen LogP contribution in [0, 0.1) is 6.92 Å². The Bertz CT molecular complexity index is 537. The van der Waals surface area contributed by atoms with Gasteiger partial charge < -0.3 is 16.0 Å². The molecule has 1 aliphatic carbocycles. The Balaban J connectivity index is 1.73. The SMILES string of the molecule is CCNC(=NCC(=O)NC1CCCCC1)NCCc1ncc(C)s1. The number of carbonyl (C=O) groups excluding carboxylic acids is 1. The third kappa shape index (κ3) is 6.86. The molecule has 1 aliphatic rings. The van der Waals surface area contributed by atoms with Crippen molar-refractivity contribution in [2.24, 2.45) is 4.99 Å². The minimum Gasteiger partial charge on any atom is -0.357 e. The van der Waals surface area contributed by atoms with Crippen molar-refractivity contribution in [3.05, 3.63) is 16.1 Å². The zero-order chi connectivity index (χ0) is 17.2. The number of amides is 1. The van der Waals surface area contributed by atoms with Crippen LogP contribution < -0.4 is 16.0 Å². The van der Waals surface area contributed by atoms with Crippen molar-refractivity contribution in [1.29, 1.82) is 0 Å². The number of hydrogen-bond acceptors (Lipinski definition) is 4. The van der Waals surface area contributed by atoms with Crippen molar-refractivity contribution < 1.29 is 4.79 Å². The lowest BCUT2D eigenvalue weighted by molar-refractivity contribution is -0.120. The van der Waals surface area contributed by atoms with Crippen LogP contribution >= 0.6 is 11.3 Å². The Labute approximate surface area is 148 Å². The van der Waals surface area contributed by atoms with Crippen LogP contribution in [-0.4, -0.2) is 42.5 Å². The Morgan fingerprint density at radius 2 is 2.12 bits per heavy atom. The summed E-state index contributed by atoms with van der Waals surface area (Å²) in [6.45, 7) is 5.77. The van der Waals surface area contributed by atoms with Crippen molar-refractivity contribution in [1.82, 2.24) is 20.9 Å². The fourth-order valence-electron chi connectivity index (χ4n) is 2.82. The van der Waals surface area contributed by atoms with E-state index in [1.807, 2.05) is 13.1 Å². The van der Waals surface area contributed by atoms with E-state index >= 15 is 0 Å². The molecule has 24 heavy (non-hydrogen) atoms. The van der Waals surface area contributed by atoms with Crippen molar-refractivity contribution >= 4 is 23.2 Å². The van der Waals surface area contributed by atoms with Crippen molar-refractivity contribution in [2.75, 3.05) is 19.6 Å². The third-order valence-corrected chi connectivity index (χ3v) is 4.97. The average molecular weight is 352 g/mol. The maximum absolute atomic E-state index is 12.0. The van der Waals surface area contributed by atoms with Gasteiger partial charge in [0.2, 0.25) is 5.91 Å². The van der Waals surface area contributed by atoms with E-state index in [2.05, 4.69) is 32.9 Å². The molecular formula is C17H29N5OS. The number of thiazole rings is 1. The van der Waals surface area contributed by atoms with Crippen molar-refractivity contribution in [3.63, 3.8) is 0 Å². The van der Waals surface area contributed by atoms with E-state index in [1.54, 1.807) is 11.3 Å². The van der Waals surface area contributed by atoms with E-state index in [9.17, 15) is 4.79 Å². The van der Waals surface area contributed by atoms with Crippen LogP contribution in [0.25, 0.3) is 0 Å². The largest absolute Gasteiger partial charge is 0.357 e. The molecule has 1 aromatic rings. The van der Waals surface area contributed by atoms with Crippen molar-refractivity contribution in [3.8, 4) is 0 Å². The zero-order valence-electron chi connectivity index (χ0n) is 14.7. The van der Waals surface area contributed by atoms with Crippen LogP contribution in [0.1, 0.15) is 48.9 Å². The highest BCUT2D eigenvalue weighted by atomic mass is 32.1. The minimum atomic E-state index is 0.00894. The molecule has 2 rings (SSSR count). The first kappa shape index (κ1) is 18.7. The molecule has 0 spiro atoms. The van der Waals surface area contributed by atoms with Gasteiger partial charge in [0.1, 0.15) is 6.54 Å². The molecule has 3 N–H and O–H groups in total. The molecule has 0 atom stereocenters. The summed E-state index contributed by atoms with van der Waals surface area (Å²) in [6.07, 6.45) is 8.68. The first-order valence-corrected chi connectivity index (χ1v) is 9.72. The number of carbonyl (C=O) groups is 1. The van der Waals surface area contributed by atoms with Gasteiger partial charge >= 0.3 is 0 Å². The van der Waals surface area contributed by atoms with Crippen LogP contribution in [0.2, 0.25) is 0 Å². The number of nitrogens with zero attached hydrogens (tertiary/aromatic N) is 2. The highest BCUT2D eigenvalue weighted by molar-refractivity contribution is 7.11. The lowest BCUT2D eigenvalue weighted by Gasteiger charge is -2.22. The number of rotatable bonds is 7. The summed E-state index contributed by atoms with van der Waals surface area (Å²) >= 11 is 1.71. The number of aromatic nitrogens is 1. The molecule has 6 nitrogen and oxygen atoms in total. The van der Waals surface area contributed by atoms with E-state index in [1.165, 1.54) is 24.1 Å². The predicted octanol–water partition coefficient (Wildman–Crippen LogP) is 2.00. The number of aryl methyl sites for hydroxylation is 1. The summed E-state index contributed by atoms with van der Waals surface area (Å²) in [5.41, 5.74) is 0. The Hall–Kier alpha value is -1.63. The molecule has 1 aromatic heterocycles. The number of hydrogen-bond donors (Lipinski definition) is 3. The van der Waals surface area contributed by atoms with Gasteiger partial charge in [0.05, 0.1) is 5.01 Å². The van der Waals surface area contributed by atoms with Gasteiger partial charge in [-0.05, 0) is 26.7 Å². The van der Waals surface area contributed by atoms with Gasteiger partial charge in [0, 0.05) is 36.6 Å². The lowest BCUT2D eigenvalue weighted by Crippen LogP contribution is -2.41. The monoisotopic (exact) mass is 351 g/mol. The second-order valence-corrected chi connectivity index (χ2v) is 7.46. The molecule has 0 saturated heterocycles. The van der Waals surface area contributed by atoms with Crippen LogP contribution in [0.3, 0.4) is 0 Å². The van der Waals surface area contributed by atoms with Gasteiger partial charge in [-0.15, -0.1) is 11.3 Å². The number of guanidine groups is 1. The second kappa shape index (κ2) is 10.3. The molecule has 0 aromatic carbocycles. The minimum absolute atomic E-state index is 0.00894. The normalized spacial score (nSPS) is 16.0. The summed E-state index contributed by atoms with van der Waals surface area (Å²) in [5, 5.41) is 10.6. The van der Waals surface area contributed by atoms with Crippen LogP contribution in [0.15, 0.2) is 11.2 Å². The van der Waals surface area contributed by atoms with Crippen LogP contribution in [-0.2, 0) is 11.2 Å².